The Morgan fingerprint density at radius 1 is 0.947 bits per heavy atom. The van der Waals surface area contributed by atoms with E-state index in [4.69, 9.17) is 19.3 Å². The van der Waals surface area contributed by atoms with Gasteiger partial charge in [-0.3, -0.25) is 4.68 Å². The Morgan fingerprint density at radius 3 is 2.50 bits per heavy atom. The van der Waals surface area contributed by atoms with Crippen LogP contribution in [0.1, 0.15) is 16.7 Å². The van der Waals surface area contributed by atoms with Crippen molar-refractivity contribution in [3.8, 4) is 22.8 Å². The van der Waals surface area contributed by atoms with Crippen LogP contribution in [0.2, 0.25) is 0 Å². The molecule has 2 heterocycles. The van der Waals surface area contributed by atoms with Gasteiger partial charge in [0.05, 0.1) is 39.7 Å². The molecule has 0 saturated carbocycles. The number of benzene rings is 3. The van der Waals surface area contributed by atoms with Crippen molar-refractivity contribution in [2.45, 2.75) is 24.9 Å². The molecule has 4 aromatic rings. The molecule has 0 atom stereocenters. The molecule has 8 heteroatoms. The van der Waals surface area contributed by atoms with Crippen molar-refractivity contribution in [3.05, 3.63) is 89.6 Å². The number of nitrogens with one attached hydrogen (secondary N) is 1. The van der Waals surface area contributed by atoms with Crippen LogP contribution in [-0.2, 0) is 17.8 Å². The average Bonchev–Trinajstić information content (AvgIpc) is 3.36. The van der Waals surface area contributed by atoms with E-state index in [2.05, 4.69) is 53.1 Å². The predicted molar refractivity (Wildman–Crippen MR) is 153 cm³/mol. The third-order valence-electron chi connectivity index (χ3n) is 6.53. The number of ether oxygens (including phenoxy) is 3. The number of nitrogens with zero attached hydrogens (tertiary/aromatic N) is 3. The van der Waals surface area contributed by atoms with Gasteiger partial charge in [0.15, 0.2) is 0 Å². The van der Waals surface area contributed by atoms with Crippen LogP contribution in [0.5, 0.6) is 11.5 Å². The first-order valence-electron chi connectivity index (χ1n) is 12.8. The lowest BCUT2D eigenvalue weighted by molar-refractivity contribution is 0.0773. The third-order valence-corrected chi connectivity index (χ3v) is 7.79. The van der Waals surface area contributed by atoms with Crippen LogP contribution in [-0.4, -0.2) is 54.6 Å². The fraction of sp³-hybridized carbons (Fsp3) is 0.300. The van der Waals surface area contributed by atoms with E-state index in [0.29, 0.717) is 13.1 Å². The van der Waals surface area contributed by atoms with Gasteiger partial charge in [-0.15, -0.1) is 0 Å². The zero-order valence-electron chi connectivity index (χ0n) is 22.1. The van der Waals surface area contributed by atoms with Crippen molar-refractivity contribution >= 4 is 17.6 Å². The van der Waals surface area contributed by atoms with Gasteiger partial charge in [-0.2, -0.15) is 5.10 Å². The second-order valence-electron chi connectivity index (χ2n) is 9.25. The molecule has 0 unspecified atom stereocenters. The minimum Gasteiger partial charge on any atom is -0.497 e. The Kier molecular flexibility index (Phi) is 8.53. The first kappa shape index (κ1) is 26.2. The summed E-state index contributed by atoms with van der Waals surface area (Å²) in [5, 5.41) is 8.62. The molecule has 1 fully saturated rings. The lowest BCUT2D eigenvalue weighted by Gasteiger charge is -2.26. The van der Waals surface area contributed by atoms with Crippen LogP contribution in [0.4, 0.5) is 5.69 Å². The Labute approximate surface area is 228 Å². The Bertz CT molecular complexity index is 1370. The summed E-state index contributed by atoms with van der Waals surface area (Å²) < 4.78 is 20.8. The highest BCUT2D eigenvalue weighted by Gasteiger charge is 2.15. The second-order valence-corrected chi connectivity index (χ2v) is 10.4. The molecule has 1 aliphatic rings. The van der Waals surface area contributed by atoms with Gasteiger partial charge in [-0.25, -0.2) is 4.31 Å². The van der Waals surface area contributed by atoms with E-state index in [1.54, 1.807) is 14.2 Å². The Hall–Kier alpha value is -3.46. The Balaban J connectivity index is 1.38. The number of hydrogen-bond acceptors (Lipinski definition) is 7. The molecule has 3 aromatic carbocycles. The molecule has 0 aliphatic carbocycles. The van der Waals surface area contributed by atoms with Crippen LogP contribution in [0.15, 0.2) is 77.8 Å². The largest absolute Gasteiger partial charge is 0.497 e. The third kappa shape index (κ3) is 6.51. The number of aryl methyl sites for hydroxylation is 1. The number of methoxy groups -OCH3 is 2. The molecular formula is C30H34N4O3S. The molecular weight excluding hydrogens is 496 g/mol. The molecule has 0 spiro atoms. The van der Waals surface area contributed by atoms with Gasteiger partial charge >= 0.3 is 0 Å². The van der Waals surface area contributed by atoms with Crippen LogP contribution in [0.3, 0.4) is 0 Å². The minimum atomic E-state index is 0.648. The van der Waals surface area contributed by atoms with Crippen LogP contribution in [0.25, 0.3) is 11.3 Å². The second kappa shape index (κ2) is 12.4. The van der Waals surface area contributed by atoms with Crippen molar-refractivity contribution in [2.75, 3.05) is 45.8 Å². The number of rotatable bonds is 10. The summed E-state index contributed by atoms with van der Waals surface area (Å²) in [5.41, 5.74) is 6.57. The summed E-state index contributed by atoms with van der Waals surface area (Å²) in [7, 11) is 3.38. The summed E-state index contributed by atoms with van der Waals surface area (Å²) in [5.74, 6) is 1.65. The zero-order valence-corrected chi connectivity index (χ0v) is 23.0. The summed E-state index contributed by atoms with van der Waals surface area (Å²) >= 11 is 1.81. The number of morpholine rings is 1. The molecule has 0 radical (unpaired) electrons. The standard InChI is InChI=1S/C30H34N4O3S/c1-22-10-11-26(18-29(22)38-34-12-14-37-15-13-34)31-19-25-21-33(20-23-6-4-8-27(16-23)35-2)32-30(25)24-7-5-9-28(17-24)36-3/h4-11,16-18,21,31H,12-15,19-20H2,1-3H3. The van der Waals surface area contributed by atoms with Gasteiger partial charge in [-0.05, 0) is 66.4 Å². The number of hydrogen-bond donors (Lipinski definition) is 1. The number of aromatic nitrogens is 2. The monoisotopic (exact) mass is 530 g/mol. The molecule has 0 amide bonds. The number of anilines is 1. The fourth-order valence-electron chi connectivity index (χ4n) is 4.43. The van der Waals surface area contributed by atoms with E-state index in [9.17, 15) is 0 Å². The first-order valence-corrected chi connectivity index (χ1v) is 13.6. The molecule has 7 nitrogen and oxygen atoms in total. The fourth-order valence-corrected chi connectivity index (χ4v) is 5.43. The lowest BCUT2D eigenvalue weighted by Crippen LogP contribution is -2.30. The van der Waals surface area contributed by atoms with Gasteiger partial charge in [0.1, 0.15) is 11.5 Å². The zero-order chi connectivity index (χ0) is 26.3. The van der Waals surface area contributed by atoms with Crippen LogP contribution >= 0.6 is 11.9 Å². The van der Waals surface area contributed by atoms with Gasteiger partial charge < -0.3 is 19.5 Å². The smallest absolute Gasteiger partial charge is 0.119 e. The Morgan fingerprint density at radius 2 is 1.71 bits per heavy atom. The minimum absolute atomic E-state index is 0.648. The van der Waals surface area contributed by atoms with Gasteiger partial charge in [0, 0.05) is 47.5 Å². The molecule has 1 aliphatic heterocycles. The van der Waals surface area contributed by atoms with Gasteiger partial charge in [0.2, 0.25) is 0 Å². The average molecular weight is 531 g/mol. The van der Waals surface area contributed by atoms with E-state index in [1.807, 2.05) is 53.0 Å². The van der Waals surface area contributed by atoms with E-state index in [0.717, 1.165) is 65.9 Å². The van der Waals surface area contributed by atoms with Crippen molar-refractivity contribution < 1.29 is 14.2 Å². The first-order chi connectivity index (χ1) is 18.6. The molecule has 198 valence electrons. The summed E-state index contributed by atoms with van der Waals surface area (Å²) in [4.78, 5) is 1.26. The highest BCUT2D eigenvalue weighted by molar-refractivity contribution is 7.97. The molecule has 1 N–H and O–H groups in total. The summed E-state index contributed by atoms with van der Waals surface area (Å²) in [6.45, 7) is 6.92. The molecule has 5 rings (SSSR count). The maximum atomic E-state index is 5.50. The van der Waals surface area contributed by atoms with Crippen molar-refractivity contribution in [2.24, 2.45) is 0 Å². The highest BCUT2D eigenvalue weighted by atomic mass is 32.2. The SMILES string of the molecule is COc1cccc(Cn2cc(CNc3ccc(C)c(SN4CCOCC4)c3)c(-c3cccc(OC)c3)n2)c1. The van der Waals surface area contributed by atoms with E-state index >= 15 is 0 Å². The predicted octanol–water partition coefficient (Wildman–Crippen LogP) is 5.88. The lowest BCUT2D eigenvalue weighted by atomic mass is 10.1. The van der Waals surface area contributed by atoms with E-state index in [1.165, 1.54) is 10.5 Å². The molecule has 0 bridgehead atoms. The van der Waals surface area contributed by atoms with Crippen molar-refractivity contribution in [1.82, 2.24) is 14.1 Å². The van der Waals surface area contributed by atoms with E-state index in [-0.39, 0.29) is 0 Å². The van der Waals surface area contributed by atoms with Crippen molar-refractivity contribution in [1.29, 1.82) is 0 Å². The molecule has 1 aromatic heterocycles. The molecule has 1 saturated heterocycles. The van der Waals surface area contributed by atoms with Crippen molar-refractivity contribution in [3.63, 3.8) is 0 Å². The van der Waals surface area contributed by atoms with Crippen LogP contribution < -0.4 is 14.8 Å². The van der Waals surface area contributed by atoms with Gasteiger partial charge in [-0.1, -0.05) is 30.3 Å². The van der Waals surface area contributed by atoms with E-state index < -0.39 is 0 Å². The summed E-state index contributed by atoms with van der Waals surface area (Å²) in [6, 6.07) is 22.7. The van der Waals surface area contributed by atoms with Crippen LogP contribution in [0, 0.1) is 6.92 Å². The summed E-state index contributed by atoms with van der Waals surface area (Å²) in [6.07, 6.45) is 2.12. The topological polar surface area (TPSA) is 60.8 Å². The quantitative estimate of drug-likeness (QED) is 0.257. The maximum absolute atomic E-state index is 5.50. The maximum Gasteiger partial charge on any atom is 0.119 e. The normalized spacial score (nSPS) is 13.9. The van der Waals surface area contributed by atoms with Gasteiger partial charge in [0.25, 0.3) is 0 Å². The highest BCUT2D eigenvalue weighted by Crippen LogP contribution is 2.31. The molecule has 38 heavy (non-hydrogen) atoms.